The molecule has 24 heavy (non-hydrogen) atoms. The van der Waals surface area contributed by atoms with Gasteiger partial charge >= 0.3 is 0 Å². The third-order valence-electron chi connectivity index (χ3n) is 5.82. The van der Waals surface area contributed by atoms with Gasteiger partial charge < -0.3 is 10.0 Å². The molecule has 0 bridgehead atoms. The summed E-state index contributed by atoms with van der Waals surface area (Å²) in [7, 11) is 2.19. The van der Waals surface area contributed by atoms with E-state index in [4.69, 9.17) is 0 Å². The highest BCUT2D eigenvalue weighted by Crippen LogP contribution is 2.42. The number of aliphatic hydroxyl groups is 1. The molecule has 2 saturated heterocycles. The Bertz CT molecular complexity index is 686. The molecule has 2 fully saturated rings. The van der Waals surface area contributed by atoms with Crippen molar-refractivity contribution in [2.75, 3.05) is 39.8 Å². The van der Waals surface area contributed by atoms with Crippen LogP contribution in [0.3, 0.4) is 0 Å². The van der Waals surface area contributed by atoms with Crippen molar-refractivity contribution in [3.63, 3.8) is 0 Å². The van der Waals surface area contributed by atoms with Gasteiger partial charge in [0.05, 0.1) is 12.3 Å². The maximum atomic E-state index is 10.0. The summed E-state index contributed by atoms with van der Waals surface area (Å²) in [6, 6.07) is 12.4. The molecule has 3 heterocycles. The first-order valence-corrected chi connectivity index (χ1v) is 8.80. The third kappa shape index (κ3) is 2.88. The molecule has 2 atom stereocenters. The summed E-state index contributed by atoms with van der Waals surface area (Å²) in [6.07, 6.45) is 1.10. The fourth-order valence-electron chi connectivity index (χ4n) is 4.38. The molecule has 2 aromatic rings. The van der Waals surface area contributed by atoms with Gasteiger partial charge in [-0.3, -0.25) is 10.00 Å². The van der Waals surface area contributed by atoms with Crippen LogP contribution in [-0.2, 0) is 6.54 Å². The van der Waals surface area contributed by atoms with Crippen molar-refractivity contribution < 1.29 is 5.11 Å². The van der Waals surface area contributed by atoms with Crippen LogP contribution in [0.4, 0.5) is 0 Å². The van der Waals surface area contributed by atoms with Crippen LogP contribution in [0, 0.1) is 11.3 Å². The van der Waals surface area contributed by atoms with Gasteiger partial charge in [-0.15, -0.1) is 0 Å². The second kappa shape index (κ2) is 6.31. The summed E-state index contributed by atoms with van der Waals surface area (Å²) in [5, 5.41) is 17.7. The van der Waals surface area contributed by atoms with E-state index < -0.39 is 0 Å². The first kappa shape index (κ1) is 15.8. The largest absolute Gasteiger partial charge is 0.396 e. The van der Waals surface area contributed by atoms with Crippen molar-refractivity contribution in [3.05, 3.63) is 42.1 Å². The third-order valence-corrected chi connectivity index (χ3v) is 5.82. The molecule has 5 heteroatoms. The lowest BCUT2D eigenvalue weighted by molar-refractivity contribution is 0.0278. The molecule has 128 valence electrons. The standard InChI is InChI=1S/C19H26N4O/c1-22-8-7-19(14-24)13-23(11-16(19)10-22)12-17-9-18(21-20-17)15-5-3-2-4-6-15/h2-6,9,16,24H,7-8,10-14H2,1H3,(H,20,21)/t16-,19+/m1/s1. The number of aromatic amines is 1. The fourth-order valence-corrected chi connectivity index (χ4v) is 4.38. The van der Waals surface area contributed by atoms with Crippen molar-refractivity contribution in [1.29, 1.82) is 0 Å². The lowest BCUT2D eigenvalue weighted by Crippen LogP contribution is -2.47. The molecule has 0 unspecified atom stereocenters. The minimum absolute atomic E-state index is 0.0921. The van der Waals surface area contributed by atoms with Gasteiger partial charge in [0, 0.05) is 42.9 Å². The average Bonchev–Trinajstić information content (AvgIpc) is 3.20. The van der Waals surface area contributed by atoms with Crippen LogP contribution in [0.1, 0.15) is 12.1 Å². The average molecular weight is 326 g/mol. The van der Waals surface area contributed by atoms with E-state index in [0.29, 0.717) is 12.5 Å². The van der Waals surface area contributed by atoms with Gasteiger partial charge in [-0.25, -0.2) is 0 Å². The lowest BCUT2D eigenvalue weighted by Gasteiger charge is -2.41. The minimum Gasteiger partial charge on any atom is -0.396 e. The minimum atomic E-state index is 0.0921. The van der Waals surface area contributed by atoms with E-state index in [0.717, 1.165) is 56.1 Å². The molecule has 0 saturated carbocycles. The highest BCUT2D eigenvalue weighted by Gasteiger charge is 2.48. The molecule has 1 aromatic carbocycles. The molecule has 0 amide bonds. The number of rotatable bonds is 4. The number of H-pyrrole nitrogens is 1. The van der Waals surface area contributed by atoms with Gasteiger partial charge in [-0.05, 0) is 32.0 Å². The van der Waals surface area contributed by atoms with Crippen molar-refractivity contribution in [3.8, 4) is 11.3 Å². The lowest BCUT2D eigenvalue weighted by atomic mass is 9.73. The number of aliphatic hydroxyl groups excluding tert-OH is 1. The number of aromatic nitrogens is 2. The summed E-state index contributed by atoms with van der Waals surface area (Å²) in [4.78, 5) is 4.87. The Labute approximate surface area is 143 Å². The molecular formula is C19H26N4O. The Morgan fingerprint density at radius 3 is 2.92 bits per heavy atom. The van der Waals surface area contributed by atoms with Crippen LogP contribution in [0.2, 0.25) is 0 Å². The van der Waals surface area contributed by atoms with Crippen LogP contribution in [0.25, 0.3) is 11.3 Å². The highest BCUT2D eigenvalue weighted by atomic mass is 16.3. The Balaban J connectivity index is 1.46. The Kier molecular flexibility index (Phi) is 4.16. The van der Waals surface area contributed by atoms with Crippen LogP contribution >= 0.6 is 0 Å². The summed E-state index contributed by atoms with van der Waals surface area (Å²) in [5.74, 6) is 0.567. The molecule has 2 N–H and O–H groups in total. The summed E-state index contributed by atoms with van der Waals surface area (Å²) < 4.78 is 0. The van der Waals surface area contributed by atoms with Crippen molar-refractivity contribution in [2.24, 2.45) is 11.3 Å². The monoisotopic (exact) mass is 326 g/mol. The first-order chi connectivity index (χ1) is 11.7. The Morgan fingerprint density at radius 2 is 2.12 bits per heavy atom. The summed E-state index contributed by atoms with van der Waals surface area (Å²) >= 11 is 0. The predicted molar refractivity (Wildman–Crippen MR) is 94.4 cm³/mol. The highest BCUT2D eigenvalue weighted by molar-refractivity contribution is 5.58. The predicted octanol–water partition coefficient (Wildman–Crippen LogP) is 1.82. The second-order valence-electron chi connectivity index (χ2n) is 7.54. The van der Waals surface area contributed by atoms with Crippen LogP contribution in [0.5, 0.6) is 0 Å². The Morgan fingerprint density at radius 1 is 1.29 bits per heavy atom. The normalized spacial score (nSPS) is 28.2. The van der Waals surface area contributed by atoms with Crippen LogP contribution in [-0.4, -0.2) is 64.9 Å². The van der Waals surface area contributed by atoms with Gasteiger partial charge in [0.25, 0.3) is 0 Å². The van der Waals surface area contributed by atoms with Gasteiger partial charge in [-0.2, -0.15) is 5.10 Å². The molecule has 0 aliphatic carbocycles. The molecule has 4 rings (SSSR count). The van der Waals surface area contributed by atoms with E-state index in [-0.39, 0.29) is 5.41 Å². The van der Waals surface area contributed by atoms with Crippen LogP contribution in [0.15, 0.2) is 36.4 Å². The van der Waals surface area contributed by atoms with Crippen molar-refractivity contribution >= 4 is 0 Å². The smallest absolute Gasteiger partial charge is 0.0924 e. The van der Waals surface area contributed by atoms with Gasteiger partial charge in [0.2, 0.25) is 0 Å². The summed E-state index contributed by atoms with van der Waals surface area (Å²) in [6.45, 7) is 5.41. The number of piperidine rings is 1. The zero-order valence-corrected chi connectivity index (χ0v) is 14.3. The number of fused-ring (bicyclic) bond motifs is 1. The maximum Gasteiger partial charge on any atom is 0.0924 e. The quantitative estimate of drug-likeness (QED) is 0.900. The van der Waals surface area contributed by atoms with E-state index >= 15 is 0 Å². The van der Waals surface area contributed by atoms with E-state index in [2.05, 4.69) is 45.2 Å². The van der Waals surface area contributed by atoms with E-state index in [1.165, 1.54) is 0 Å². The first-order valence-electron chi connectivity index (χ1n) is 8.80. The molecule has 2 aliphatic heterocycles. The number of likely N-dealkylation sites (tertiary alicyclic amines) is 2. The zero-order valence-electron chi connectivity index (χ0n) is 14.3. The molecule has 1 aromatic heterocycles. The number of benzene rings is 1. The molecule has 2 aliphatic rings. The molecule has 5 nitrogen and oxygen atoms in total. The fraction of sp³-hybridized carbons (Fsp3) is 0.526. The number of nitrogens with zero attached hydrogens (tertiary/aromatic N) is 3. The molecule has 0 radical (unpaired) electrons. The van der Waals surface area contributed by atoms with E-state index in [1.54, 1.807) is 0 Å². The van der Waals surface area contributed by atoms with Crippen LogP contribution < -0.4 is 0 Å². The van der Waals surface area contributed by atoms with Crippen molar-refractivity contribution in [1.82, 2.24) is 20.0 Å². The molecular weight excluding hydrogens is 300 g/mol. The topological polar surface area (TPSA) is 55.4 Å². The SMILES string of the molecule is CN1CC[C@@]2(CO)CN(Cc3cc(-c4ccccc4)n[nH]3)C[C@H]2C1. The van der Waals surface area contributed by atoms with E-state index in [1.807, 2.05) is 18.2 Å². The number of nitrogens with one attached hydrogen (secondary N) is 1. The zero-order chi connectivity index (χ0) is 16.6. The van der Waals surface area contributed by atoms with Gasteiger partial charge in [0.15, 0.2) is 0 Å². The number of hydrogen-bond acceptors (Lipinski definition) is 4. The number of hydrogen-bond donors (Lipinski definition) is 2. The van der Waals surface area contributed by atoms with Gasteiger partial charge in [-0.1, -0.05) is 30.3 Å². The van der Waals surface area contributed by atoms with E-state index in [9.17, 15) is 5.11 Å². The van der Waals surface area contributed by atoms with Gasteiger partial charge in [0.1, 0.15) is 0 Å². The maximum absolute atomic E-state index is 10.0. The Hall–Kier alpha value is -1.69. The summed E-state index contributed by atoms with van der Waals surface area (Å²) in [5.41, 5.74) is 3.38. The second-order valence-corrected chi connectivity index (χ2v) is 7.54. The van der Waals surface area contributed by atoms with Crippen molar-refractivity contribution in [2.45, 2.75) is 13.0 Å². The molecule has 0 spiro atoms.